The van der Waals surface area contributed by atoms with Crippen LogP contribution in [0.5, 0.6) is 0 Å². The zero-order valence-electron chi connectivity index (χ0n) is 11.6. The maximum absolute atomic E-state index is 12.3. The molecule has 0 bridgehead atoms. The van der Waals surface area contributed by atoms with Crippen molar-refractivity contribution in [3.05, 3.63) is 0 Å². The molecule has 1 aliphatic carbocycles. The number of nitrogens with zero attached hydrogens (tertiary/aromatic N) is 1. The van der Waals surface area contributed by atoms with Gasteiger partial charge in [0, 0.05) is 6.04 Å². The largest absolute Gasteiger partial charge is 0.409 e. The summed E-state index contributed by atoms with van der Waals surface area (Å²) in [5.41, 5.74) is 4.72. The molecule has 104 valence electrons. The molecule has 1 amide bonds. The third-order valence-electron chi connectivity index (χ3n) is 4.31. The molecule has 0 aromatic carbocycles. The molecule has 5 heteroatoms. The summed E-state index contributed by atoms with van der Waals surface area (Å²) >= 11 is 0. The molecule has 0 heterocycles. The first-order chi connectivity index (χ1) is 8.45. The number of nitrogens with two attached hydrogens (primary N) is 1. The van der Waals surface area contributed by atoms with Crippen LogP contribution in [0.3, 0.4) is 0 Å². The van der Waals surface area contributed by atoms with E-state index in [0.717, 1.165) is 19.3 Å². The topological polar surface area (TPSA) is 87.7 Å². The summed E-state index contributed by atoms with van der Waals surface area (Å²) in [5.74, 6) is 0.334. The van der Waals surface area contributed by atoms with E-state index in [1.807, 2.05) is 6.92 Å². The lowest BCUT2D eigenvalue weighted by molar-refractivity contribution is -0.128. The smallest absolute Gasteiger partial charge is 0.233 e. The van der Waals surface area contributed by atoms with Crippen LogP contribution in [-0.2, 0) is 4.79 Å². The lowest BCUT2D eigenvalue weighted by Gasteiger charge is -2.33. The van der Waals surface area contributed by atoms with Crippen LogP contribution in [0, 0.1) is 11.3 Å². The lowest BCUT2D eigenvalue weighted by Crippen LogP contribution is -2.52. The highest BCUT2D eigenvalue weighted by molar-refractivity contribution is 6.06. The van der Waals surface area contributed by atoms with E-state index in [1.165, 1.54) is 6.42 Å². The van der Waals surface area contributed by atoms with Crippen molar-refractivity contribution >= 4 is 11.7 Å². The minimum Gasteiger partial charge on any atom is -0.409 e. The maximum atomic E-state index is 12.3. The summed E-state index contributed by atoms with van der Waals surface area (Å²) in [6.45, 7) is 5.74. The molecule has 3 unspecified atom stereocenters. The van der Waals surface area contributed by atoms with E-state index in [0.29, 0.717) is 12.3 Å². The molecule has 0 aromatic rings. The van der Waals surface area contributed by atoms with Gasteiger partial charge in [0.2, 0.25) is 5.91 Å². The zero-order valence-corrected chi connectivity index (χ0v) is 11.6. The first kappa shape index (κ1) is 14.8. The normalized spacial score (nSPS) is 28.5. The summed E-state index contributed by atoms with van der Waals surface area (Å²) in [6.07, 6.45) is 5.07. The van der Waals surface area contributed by atoms with Crippen LogP contribution in [0.2, 0.25) is 0 Å². The molecule has 5 nitrogen and oxygen atoms in total. The Morgan fingerprint density at radius 1 is 1.50 bits per heavy atom. The standard InChI is InChI=1S/C13H25N3O2/c1-4-13(3,11(14)16-18)12(17)15-10-8-6-5-7-9(10)2/h9-10,18H,4-8H2,1-3H3,(H2,14,16)(H,15,17). The van der Waals surface area contributed by atoms with Gasteiger partial charge in [-0.15, -0.1) is 0 Å². The van der Waals surface area contributed by atoms with Gasteiger partial charge in [0.1, 0.15) is 5.41 Å². The number of amides is 1. The van der Waals surface area contributed by atoms with Crippen molar-refractivity contribution < 1.29 is 10.0 Å². The first-order valence-electron chi connectivity index (χ1n) is 6.74. The minimum absolute atomic E-state index is 0.0223. The summed E-state index contributed by atoms with van der Waals surface area (Å²) in [7, 11) is 0. The number of hydrogen-bond acceptors (Lipinski definition) is 3. The highest BCUT2D eigenvalue weighted by Crippen LogP contribution is 2.27. The maximum Gasteiger partial charge on any atom is 0.233 e. The Morgan fingerprint density at radius 2 is 2.11 bits per heavy atom. The molecule has 0 aliphatic heterocycles. The van der Waals surface area contributed by atoms with Crippen molar-refractivity contribution in [2.45, 2.75) is 58.9 Å². The van der Waals surface area contributed by atoms with Crippen molar-refractivity contribution in [2.24, 2.45) is 22.2 Å². The number of carbonyl (C=O) groups excluding carboxylic acids is 1. The number of carbonyl (C=O) groups is 1. The number of rotatable bonds is 4. The van der Waals surface area contributed by atoms with Crippen LogP contribution in [0.4, 0.5) is 0 Å². The number of hydrogen-bond donors (Lipinski definition) is 3. The van der Waals surface area contributed by atoms with Gasteiger partial charge < -0.3 is 16.3 Å². The van der Waals surface area contributed by atoms with E-state index in [9.17, 15) is 4.79 Å². The summed E-state index contributed by atoms with van der Waals surface area (Å²) in [6, 6.07) is 0.212. The number of nitrogens with one attached hydrogen (secondary N) is 1. The molecule has 3 atom stereocenters. The second-order valence-electron chi connectivity index (χ2n) is 5.51. The Kier molecular flexibility index (Phi) is 4.99. The monoisotopic (exact) mass is 255 g/mol. The predicted octanol–water partition coefficient (Wildman–Crippen LogP) is 1.84. The van der Waals surface area contributed by atoms with Crippen molar-refractivity contribution in [1.29, 1.82) is 0 Å². The Morgan fingerprint density at radius 3 is 2.61 bits per heavy atom. The zero-order chi connectivity index (χ0) is 13.8. The van der Waals surface area contributed by atoms with Crippen LogP contribution >= 0.6 is 0 Å². The highest BCUT2D eigenvalue weighted by Gasteiger charge is 2.38. The molecule has 0 saturated heterocycles. The SMILES string of the molecule is CCC(C)(C(=O)NC1CCCCC1C)C(N)=NO. The van der Waals surface area contributed by atoms with Gasteiger partial charge >= 0.3 is 0 Å². The van der Waals surface area contributed by atoms with E-state index in [2.05, 4.69) is 17.4 Å². The predicted molar refractivity (Wildman–Crippen MR) is 71.4 cm³/mol. The Bertz CT molecular complexity index is 330. The summed E-state index contributed by atoms with van der Waals surface area (Å²) < 4.78 is 0. The van der Waals surface area contributed by atoms with Gasteiger partial charge in [0.05, 0.1) is 0 Å². The minimum atomic E-state index is -0.925. The van der Waals surface area contributed by atoms with Crippen LogP contribution < -0.4 is 11.1 Å². The summed E-state index contributed by atoms with van der Waals surface area (Å²) in [4.78, 5) is 12.3. The average Bonchev–Trinajstić information content (AvgIpc) is 2.39. The van der Waals surface area contributed by atoms with Gasteiger partial charge in [-0.25, -0.2) is 0 Å². The van der Waals surface area contributed by atoms with Crippen molar-refractivity contribution in [3.63, 3.8) is 0 Å². The quantitative estimate of drug-likeness (QED) is 0.310. The molecule has 4 N–H and O–H groups in total. The second kappa shape index (κ2) is 6.07. The van der Waals surface area contributed by atoms with Crippen LogP contribution in [-0.4, -0.2) is 23.0 Å². The fourth-order valence-corrected chi connectivity index (χ4v) is 2.43. The van der Waals surface area contributed by atoms with Crippen LogP contribution in [0.15, 0.2) is 5.16 Å². The second-order valence-corrected chi connectivity index (χ2v) is 5.51. The molecular formula is C13H25N3O2. The van der Waals surface area contributed by atoms with Gasteiger partial charge in [-0.2, -0.15) is 0 Å². The lowest BCUT2D eigenvalue weighted by atomic mass is 9.82. The first-order valence-corrected chi connectivity index (χ1v) is 6.74. The molecule has 1 fully saturated rings. The molecule has 1 saturated carbocycles. The molecule has 0 radical (unpaired) electrons. The van der Waals surface area contributed by atoms with Crippen molar-refractivity contribution in [3.8, 4) is 0 Å². The van der Waals surface area contributed by atoms with Gasteiger partial charge in [-0.05, 0) is 32.1 Å². The summed E-state index contributed by atoms with van der Waals surface area (Å²) in [5, 5.41) is 14.9. The molecular weight excluding hydrogens is 230 g/mol. The van der Waals surface area contributed by atoms with Crippen molar-refractivity contribution in [2.75, 3.05) is 0 Å². The molecule has 1 aliphatic rings. The molecule has 0 spiro atoms. The Hall–Kier alpha value is -1.26. The van der Waals surface area contributed by atoms with E-state index in [1.54, 1.807) is 6.92 Å². The van der Waals surface area contributed by atoms with Gasteiger partial charge in [-0.3, -0.25) is 4.79 Å². The van der Waals surface area contributed by atoms with Gasteiger partial charge in [0.15, 0.2) is 5.84 Å². The molecule has 1 rings (SSSR count). The average molecular weight is 255 g/mol. The van der Waals surface area contributed by atoms with Gasteiger partial charge in [0.25, 0.3) is 0 Å². The number of oxime groups is 1. The third-order valence-corrected chi connectivity index (χ3v) is 4.31. The fourth-order valence-electron chi connectivity index (χ4n) is 2.43. The van der Waals surface area contributed by atoms with E-state index in [4.69, 9.17) is 10.9 Å². The Labute approximate surface area is 109 Å². The van der Waals surface area contributed by atoms with Gasteiger partial charge in [-0.1, -0.05) is 31.8 Å². The van der Waals surface area contributed by atoms with Crippen LogP contribution in [0.25, 0.3) is 0 Å². The third kappa shape index (κ3) is 2.94. The highest BCUT2D eigenvalue weighted by atomic mass is 16.4. The number of amidine groups is 1. The van der Waals surface area contributed by atoms with E-state index >= 15 is 0 Å². The molecule has 0 aromatic heterocycles. The van der Waals surface area contributed by atoms with Crippen molar-refractivity contribution in [1.82, 2.24) is 5.32 Å². The van der Waals surface area contributed by atoms with E-state index < -0.39 is 5.41 Å². The Balaban J connectivity index is 2.73. The van der Waals surface area contributed by atoms with E-state index in [-0.39, 0.29) is 17.8 Å². The van der Waals surface area contributed by atoms with Crippen LogP contribution in [0.1, 0.15) is 52.9 Å². The molecule has 18 heavy (non-hydrogen) atoms. The fraction of sp³-hybridized carbons (Fsp3) is 0.846.